The maximum atomic E-state index is 13.7. The summed E-state index contributed by atoms with van der Waals surface area (Å²) in [7, 11) is 0. The van der Waals surface area contributed by atoms with Gasteiger partial charge in [0.2, 0.25) is 5.91 Å². The highest BCUT2D eigenvalue weighted by Crippen LogP contribution is 2.35. The lowest BCUT2D eigenvalue weighted by molar-refractivity contribution is -0.138. The number of carbonyl (C=O) groups excluding carboxylic acids is 3. The molecule has 1 aliphatic carbocycles. The van der Waals surface area contributed by atoms with Crippen LogP contribution in [0, 0.1) is 5.82 Å². The van der Waals surface area contributed by atoms with Gasteiger partial charge in [-0.2, -0.15) is 0 Å². The summed E-state index contributed by atoms with van der Waals surface area (Å²) >= 11 is 0. The minimum atomic E-state index is -0.912. The van der Waals surface area contributed by atoms with Gasteiger partial charge in [-0.15, -0.1) is 0 Å². The topological polar surface area (TPSA) is 78.5 Å². The Morgan fingerprint density at radius 2 is 1.92 bits per heavy atom. The third-order valence-corrected chi connectivity index (χ3v) is 5.29. The van der Waals surface area contributed by atoms with Crippen molar-refractivity contribution in [3.05, 3.63) is 35.6 Å². The van der Waals surface area contributed by atoms with Crippen LogP contribution in [0.3, 0.4) is 0 Å². The molecule has 2 unspecified atom stereocenters. The van der Waals surface area contributed by atoms with Gasteiger partial charge in [-0.25, -0.2) is 14.1 Å². The van der Waals surface area contributed by atoms with E-state index in [9.17, 15) is 18.8 Å². The number of nitrogens with one attached hydrogen (secondary N) is 2. The van der Waals surface area contributed by atoms with Gasteiger partial charge in [0.05, 0.1) is 0 Å². The van der Waals surface area contributed by atoms with Gasteiger partial charge >= 0.3 is 6.03 Å². The van der Waals surface area contributed by atoms with E-state index < -0.39 is 23.5 Å². The summed E-state index contributed by atoms with van der Waals surface area (Å²) < 4.78 is 13.7. The van der Waals surface area contributed by atoms with Crippen molar-refractivity contribution in [2.75, 3.05) is 0 Å². The molecule has 6 nitrogen and oxygen atoms in total. The van der Waals surface area contributed by atoms with Crippen LogP contribution in [-0.4, -0.2) is 40.4 Å². The Bertz CT molecular complexity index is 730. The maximum Gasteiger partial charge on any atom is 0.325 e. The molecule has 0 aromatic heterocycles. The molecule has 0 radical (unpaired) electrons. The molecular formula is C19H24FN3O3. The number of imide groups is 1. The van der Waals surface area contributed by atoms with E-state index in [0.717, 1.165) is 17.7 Å². The number of rotatable bonds is 5. The van der Waals surface area contributed by atoms with Gasteiger partial charge in [0.15, 0.2) is 0 Å². The van der Waals surface area contributed by atoms with Crippen molar-refractivity contribution in [1.82, 2.24) is 15.5 Å². The molecule has 7 heteroatoms. The summed E-state index contributed by atoms with van der Waals surface area (Å²) in [6.07, 6.45) is 3.34. The van der Waals surface area contributed by atoms with E-state index in [1.54, 1.807) is 25.1 Å². The van der Waals surface area contributed by atoms with Crippen molar-refractivity contribution in [2.24, 2.45) is 0 Å². The zero-order chi connectivity index (χ0) is 18.9. The van der Waals surface area contributed by atoms with Crippen LogP contribution in [0.1, 0.15) is 45.1 Å². The Morgan fingerprint density at radius 1 is 1.27 bits per heavy atom. The smallest absolute Gasteiger partial charge is 0.325 e. The van der Waals surface area contributed by atoms with Gasteiger partial charge < -0.3 is 10.6 Å². The largest absolute Gasteiger partial charge is 0.352 e. The molecule has 2 aliphatic rings. The first kappa shape index (κ1) is 18.4. The normalized spacial score (nSPS) is 21.0. The van der Waals surface area contributed by atoms with Crippen molar-refractivity contribution in [1.29, 1.82) is 0 Å². The number of nitrogens with zero attached hydrogens (tertiary/aromatic N) is 1. The lowest BCUT2D eigenvalue weighted by Gasteiger charge is -2.25. The fraction of sp³-hybridized carbons (Fsp3) is 0.526. The van der Waals surface area contributed by atoms with Gasteiger partial charge in [0, 0.05) is 6.04 Å². The number of hydrogen-bond donors (Lipinski definition) is 2. The molecular weight excluding hydrogens is 337 g/mol. The summed E-state index contributed by atoms with van der Waals surface area (Å²) in [5, 5.41) is 5.55. The molecule has 2 fully saturated rings. The van der Waals surface area contributed by atoms with Gasteiger partial charge in [-0.05, 0) is 44.7 Å². The fourth-order valence-corrected chi connectivity index (χ4v) is 3.84. The average molecular weight is 361 g/mol. The van der Waals surface area contributed by atoms with Crippen molar-refractivity contribution in [3.8, 4) is 0 Å². The third kappa shape index (κ3) is 3.30. The number of hydrogen-bond acceptors (Lipinski definition) is 3. The molecule has 1 saturated carbocycles. The van der Waals surface area contributed by atoms with Crippen LogP contribution in [0.2, 0.25) is 0 Å². The molecule has 1 spiro atoms. The number of amides is 4. The molecule has 2 N–H and O–H groups in total. The predicted molar refractivity (Wildman–Crippen MR) is 93.7 cm³/mol. The second-order valence-corrected chi connectivity index (χ2v) is 7.28. The lowest BCUT2D eigenvalue weighted by Crippen LogP contribution is -2.51. The lowest BCUT2D eigenvalue weighted by atomic mass is 9.97. The molecule has 26 heavy (non-hydrogen) atoms. The summed E-state index contributed by atoms with van der Waals surface area (Å²) in [4.78, 5) is 38.6. The highest BCUT2D eigenvalue weighted by molar-refractivity contribution is 6.09. The van der Waals surface area contributed by atoms with Crippen molar-refractivity contribution < 1.29 is 18.8 Å². The number of urea groups is 1. The van der Waals surface area contributed by atoms with Gasteiger partial charge in [-0.1, -0.05) is 31.0 Å². The van der Waals surface area contributed by atoms with E-state index in [4.69, 9.17) is 0 Å². The van der Waals surface area contributed by atoms with Gasteiger partial charge in [0.1, 0.15) is 17.4 Å². The van der Waals surface area contributed by atoms with E-state index in [2.05, 4.69) is 10.6 Å². The van der Waals surface area contributed by atoms with Crippen molar-refractivity contribution in [2.45, 2.75) is 63.6 Å². The standard InChI is InChI=1S/C19H24FN3O3/c1-12(11-14-7-3-4-8-15(14)20)21-16(24)13(2)23-17(25)19(22-18(23)26)9-5-6-10-19/h3-4,7-8,12-13H,5-6,9-11H2,1-2H3,(H,21,24)(H,22,26). The molecule has 1 heterocycles. The van der Waals surface area contributed by atoms with Crippen LogP contribution in [0.4, 0.5) is 9.18 Å². The number of halogens is 1. The van der Waals surface area contributed by atoms with Crippen LogP contribution in [0.15, 0.2) is 24.3 Å². The first-order chi connectivity index (χ1) is 12.3. The Labute approximate surface area is 152 Å². The SMILES string of the molecule is CC(Cc1ccccc1F)NC(=O)C(C)N1C(=O)NC2(CCCC2)C1=O. The van der Waals surface area contributed by atoms with Crippen LogP contribution >= 0.6 is 0 Å². The quantitative estimate of drug-likeness (QED) is 0.789. The molecule has 1 aromatic carbocycles. The van der Waals surface area contributed by atoms with Crippen LogP contribution in [0.25, 0.3) is 0 Å². The van der Waals surface area contributed by atoms with Gasteiger partial charge in [0.25, 0.3) is 5.91 Å². The molecule has 1 aliphatic heterocycles. The van der Waals surface area contributed by atoms with E-state index in [0.29, 0.717) is 24.8 Å². The Kier molecular flexibility index (Phi) is 4.98. The minimum absolute atomic E-state index is 0.315. The van der Waals surface area contributed by atoms with E-state index in [-0.39, 0.29) is 17.8 Å². The first-order valence-electron chi connectivity index (χ1n) is 9.04. The first-order valence-corrected chi connectivity index (χ1v) is 9.04. The molecule has 4 amide bonds. The van der Waals surface area contributed by atoms with Crippen LogP contribution < -0.4 is 10.6 Å². The number of carbonyl (C=O) groups is 3. The Hall–Kier alpha value is -2.44. The van der Waals surface area contributed by atoms with E-state index in [1.165, 1.54) is 13.0 Å². The average Bonchev–Trinajstić information content (AvgIpc) is 3.15. The zero-order valence-corrected chi connectivity index (χ0v) is 15.0. The molecule has 0 bridgehead atoms. The second kappa shape index (κ2) is 7.05. The molecule has 2 atom stereocenters. The second-order valence-electron chi connectivity index (χ2n) is 7.28. The van der Waals surface area contributed by atoms with Crippen LogP contribution in [-0.2, 0) is 16.0 Å². The van der Waals surface area contributed by atoms with E-state index >= 15 is 0 Å². The summed E-state index contributed by atoms with van der Waals surface area (Å²) in [6.45, 7) is 3.30. The highest BCUT2D eigenvalue weighted by Gasteiger charge is 2.54. The monoisotopic (exact) mass is 361 g/mol. The molecule has 1 saturated heterocycles. The Morgan fingerprint density at radius 3 is 2.58 bits per heavy atom. The fourth-order valence-electron chi connectivity index (χ4n) is 3.84. The predicted octanol–water partition coefficient (Wildman–Crippen LogP) is 2.13. The number of benzene rings is 1. The molecule has 1 aromatic rings. The Balaban J connectivity index is 1.63. The third-order valence-electron chi connectivity index (χ3n) is 5.29. The maximum absolute atomic E-state index is 13.7. The summed E-state index contributed by atoms with van der Waals surface area (Å²) in [5.74, 6) is -1.06. The zero-order valence-electron chi connectivity index (χ0n) is 15.0. The molecule has 3 rings (SSSR count). The van der Waals surface area contributed by atoms with Crippen LogP contribution in [0.5, 0.6) is 0 Å². The summed E-state index contributed by atoms with van der Waals surface area (Å²) in [6, 6.07) is 4.64. The molecule has 140 valence electrons. The van der Waals surface area contributed by atoms with E-state index in [1.807, 2.05) is 0 Å². The summed E-state index contributed by atoms with van der Waals surface area (Å²) in [5.41, 5.74) is -0.322. The van der Waals surface area contributed by atoms with Gasteiger partial charge in [-0.3, -0.25) is 9.59 Å². The van der Waals surface area contributed by atoms with Crippen molar-refractivity contribution >= 4 is 17.8 Å². The van der Waals surface area contributed by atoms with Crippen molar-refractivity contribution in [3.63, 3.8) is 0 Å². The highest BCUT2D eigenvalue weighted by atomic mass is 19.1. The minimum Gasteiger partial charge on any atom is -0.352 e.